The van der Waals surface area contributed by atoms with Gasteiger partial charge in [0.2, 0.25) is 0 Å². The molecule has 1 saturated carbocycles. The SMILES string of the molecule is CCC1CCCC(C(O)Cc2ccc(F)cc2C)C1. The largest absolute Gasteiger partial charge is 0.392 e. The summed E-state index contributed by atoms with van der Waals surface area (Å²) in [6.45, 7) is 4.16. The van der Waals surface area contributed by atoms with E-state index >= 15 is 0 Å². The topological polar surface area (TPSA) is 20.2 Å². The first-order chi connectivity index (χ1) is 9.10. The average molecular weight is 264 g/mol. The number of aryl methyl sites for hydroxylation is 1. The molecule has 2 heteroatoms. The number of halogens is 1. The zero-order chi connectivity index (χ0) is 13.8. The molecule has 1 aliphatic carbocycles. The summed E-state index contributed by atoms with van der Waals surface area (Å²) in [7, 11) is 0. The summed E-state index contributed by atoms with van der Waals surface area (Å²) in [4.78, 5) is 0. The average Bonchev–Trinajstić information content (AvgIpc) is 2.42. The second-order valence-corrected chi connectivity index (χ2v) is 6.04. The molecule has 2 rings (SSSR count). The highest BCUT2D eigenvalue weighted by Crippen LogP contribution is 2.34. The molecule has 0 saturated heterocycles. The van der Waals surface area contributed by atoms with Gasteiger partial charge in [-0.05, 0) is 61.3 Å². The number of benzene rings is 1. The first-order valence-electron chi connectivity index (χ1n) is 7.53. The van der Waals surface area contributed by atoms with Crippen molar-refractivity contribution in [2.75, 3.05) is 0 Å². The molecule has 0 amide bonds. The number of aliphatic hydroxyl groups is 1. The third-order valence-corrected chi connectivity index (χ3v) is 4.68. The molecule has 1 aromatic carbocycles. The van der Waals surface area contributed by atoms with Crippen LogP contribution in [0.2, 0.25) is 0 Å². The summed E-state index contributed by atoms with van der Waals surface area (Å²) in [6.07, 6.45) is 6.44. The van der Waals surface area contributed by atoms with Gasteiger partial charge in [-0.15, -0.1) is 0 Å². The van der Waals surface area contributed by atoms with Crippen molar-refractivity contribution in [1.29, 1.82) is 0 Å². The van der Waals surface area contributed by atoms with Crippen LogP contribution >= 0.6 is 0 Å². The van der Waals surface area contributed by atoms with Crippen molar-refractivity contribution < 1.29 is 9.50 Å². The summed E-state index contributed by atoms with van der Waals surface area (Å²) in [6, 6.07) is 4.86. The molecule has 0 aromatic heterocycles. The summed E-state index contributed by atoms with van der Waals surface area (Å²) in [5.41, 5.74) is 2.02. The van der Waals surface area contributed by atoms with Crippen molar-refractivity contribution in [3.8, 4) is 0 Å². The van der Waals surface area contributed by atoms with Crippen LogP contribution in [0.4, 0.5) is 4.39 Å². The Morgan fingerprint density at radius 3 is 2.84 bits per heavy atom. The van der Waals surface area contributed by atoms with Crippen molar-refractivity contribution in [2.45, 2.75) is 58.5 Å². The third-order valence-electron chi connectivity index (χ3n) is 4.68. The van der Waals surface area contributed by atoms with Crippen LogP contribution in [0.15, 0.2) is 18.2 Å². The van der Waals surface area contributed by atoms with Crippen LogP contribution in [-0.4, -0.2) is 11.2 Å². The molecule has 3 atom stereocenters. The molecule has 0 radical (unpaired) electrons. The molecular weight excluding hydrogens is 239 g/mol. The minimum atomic E-state index is -0.279. The van der Waals surface area contributed by atoms with Crippen LogP contribution < -0.4 is 0 Å². The fourth-order valence-electron chi connectivity index (χ4n) is 3.33. The van der Waals surface area contributed by atoms with Gasteiger partial charge < -0.3 is 5.11 Å². The van der Waals surface area contributed by atoms with E-state index in [2.05, 4.69) is 6.92 Å². The van der Waals surface area contributed by atoms with E-state index in [1.54, 1.807) is 6.07 Å². The number of rotatable bonds is 4. The van der Waals surface area contributed by atoms with Gasteiger partial charge in [0, 0.05) is 0 Å². The zero-order valence-corrected chi connectivity index (χ0v) is 12.0. The second kappa shape index (κ2) is 6.51. The molecule has 19 heavy (non-hydrogen) atoms. The van der Waals surface area contributed by atoms with Gasteiger partial charge in [-0.2, -0.15) is 0 Å². The Bertz CT molecular complexity index is 416. The van der Waals surface area contributed by atoms with Crippen LogP contribution in [0.1, 0.15) is 50.2 Å². The molecule has 3 unspecified atom stereocenters. The van der Waals surface area contributed by atoms with E-state index in [1.807, 2.05) is 13.0 Å². The number of hydrogen-bond acceptors (Lipinski definition) is 1. The highest BCUT2D eigenvalue weighted by molar-refractivity contribution is 5.27. The summed E-state index contributed by atoms with van der Waals surface area (Å²) < 4.78 is 13.1. The second-order valence-electron chi connectivity index (χ2n) is 6.04. The van der Waals surface area contributed by atoms with Crippen molar-refractivity contribution >= 4 is 0 Å². The van der Waals surface area contributed by atoms with E-state index in [0.29, 0.717) is 12.3 Å². The molecule has 0 heterocycles. The van der Waals surface area contributed by atoms with E-state index < -0.39 is 0 Å². The lowest BCUT2D eigenvalue weighted by atomic mass is 9.76. The van der Waals surface area contributed by atoms with E-state index in [9.17, 15) is 9.50 Å². The van der Waals surface area contributed by atoms with E-state index in [0.717, 1.165) is 29.9 Å². The van der Waals surface area contributed by atoms with Crippen LogP contribution in [0.5, 0.6) is 0 Å². The predicted octanol–water partition coefficient (Wildman–Crippen LogP) is 4.25. The van der Waals surface area contributed by atoms with Crippen LogP contribution in [0.25, 0.3) is 0 Å². The summed E-state index contributed by atoms with van der Waals surface area (Å²) in [5, 5.41) is 10.4. The Kier molecular flexibility index (Phi) is 4.98. The fourth-order valence-corrected chi connectivity index (χ4v) is 3.33. The van der Waals surface area contributed by atoms with Gasteiger partial charge in [0.25, 0.3) is 0 Å². The maximum Gasteiger partial charge on any atom is 0.123 e. The van der Waals surface area contributed by atoms with E-state index in [-0.39, 0.29) is 11.9 Å². The standard InChI is InChI=1S/C17H25FO/c1-3-13-5-4-6-15(10-13)17(19)11-14-7-8-16(18)9-12(14)2/h7-9,13,15,17,19H,3-6,10-11H2,1-2H3. The molecule has 0 aliphatic heterocycles. The molecule has 0 bridgehead atoms. The highest BCUT2D eigenvalue weighted by atomic mass is 19.1. The maximum absolute atomic E-state index is 13.1. The van der Waals surface area contributed by atoms with Crippen molar-refractivity contribution in [3.05, 3.63) is 35.1 Å². The lowest BCUT2D eigenvalue weighted by molar-refractivity contribution is 0.0684. The van der Waals surface area contributed by atoms with E-state index in [1.165, 1.54) is 25.3 Å². The molecule has 1 aliphatic rings. The minimum Gasteiger partial charge on any atom is -0.392 e. The smallest absolute Gasteiger partial charge is 0.123 e. The molecular formula is C17H25FO. The van der Waals surface area contributed by atoms with Crippen molar-refractivity contribution in [1.82, 2.24) is 0 Å². The molecule has 1 aromatic rings. The van der Waals surface area contributed by atoms with Crippen molar-refractivity contribution in [2.24, 2.45) is 11.8 Å². The van der Waals surface area contributed by atoms with Gasteiger partial charge in [-0.25, -0.2) is 4.39 Å². The normalized spacial score (nSPS) is 25.3. The van der Waals surface area contributed by atoms with Gasteiger partial charge in [0.15, 0.2) is 0 Å². The Labute approximate surface area is 115 Å². The molecule has 1 fully saturated rings. The van der Waals surface area contributed by atoms with Crippen LogP contribution in [0.3, 0.4) is 0 Å². The Morgan fingerprint density at radius 2 is 2.16 bits per heavy atom. The van der Waals surface area contributed by atoms with Crippen LogP contribution in [-0.2, 0) is 6.42 Å². The monoisotopic (exact) mass is 264 g/mol. The first-order valence-corrected chi connectivity index (χ1v) is 7.53. The quantitative estimate of drug-likeness (QED) is 0.861. The van der Waals surface area contributed by atoms with Gasteiger partial charge >= 0.3 is 0 Å². The van der Waals surface area contributed by atoms with Gasteiger partial charge in [-0.1, -0.05) is 32.3 Å². The Hall–Kier alpha value is -0.890. The lowest BCUT2D eigenvalue weighted by Gasteiger charge is -2.32. The fraction of sp³-hybridized carbons (Fsp3) is 0.647. The van der Waals surface area contributed by atoms with Gasteiger partial charge in [-0.3, -0.25) is 0 Å². The number of aliphatic hydroxyl groups excluding tert-OH is 1. The molecule has 106 valence electrons. The van der Waals surface area contributed by atoms with E-state index in [4.69, 9.17) is 0 Å². The van der Waals surface area contributed by atoms with Crippen LogP contribution in [0, 0.1) is 24.6 Å². The highest BCUT2D eigenvalue weighted by Gasteiger charge is 2.26. The maximum atomic E-state index is 13.1. The lowest BCUT2D eigenvalue weighted by Crippen LogP contribution is -2.28. The predicted molar refractivity (Wildman–Crippen MR) is 76.6 cm³/mol. The number of hydrogen-bond donors (Lipinski definition) is 1. The van der Waals surface area contributed by atoms with Crippen molar-refractivity contribution in [3.63, 3.8) is 0 Å². The first kappa shape index (κ1) is 14.5. The molecule has 1 N–H and O–H groups in total. The Morgan fingerprint density at radius 1 is 1.37 bits per heavy atom. The minimum absolute atomic E-state index is 0.195. The molecule has 1 nitrogen and oxygen atoms in total. The van der Waals surface area contributed by atoms with Gasteiger partial charge in [0.05, 0.1) is 6.10 Å². The van der Waals surface area contributed by atoms with Gasteiger partial charge in [0.1, 0.15) is 5.82 Å². The molecule has 0 spiro atoms. The zero-order valence-electron chi connectivity index (χ0n) is 12.0. The third kappa shape index (κ3) is 3.79. The summed E-state index contributed by atoms with van der Waals surface area (Å²) in [5.74, 6) is 1.00. The summed E-state index contributed by atoms with van der Waals surface area (Å²) >= 11 is 0. The Balaban J connectivity index is 1.98.